The second-order valence-corrected chi connectivity index (χ2v) is 7.46. The van der Waals surface area contributed by atoms with Crippen molar-refractivity contribution >= 4 is 40.5 Å². The van der Waals surface area contributed by atoms with Crippen molar-refractivity contribution in [2.24, 2.45) is 0 Å². The molecule has 3 rings (SSSR count). The van der Waals surface area contributed by atoms with E-state index in [2.05, 4.69) is 6.07 Å². The van der Waals surface area contributed by atoms with Crippen LogP contribution >= 0.6 is 23.2 Å². The summed E-state index contributed by atoms with van der Waals surface area (Å²) in [4.78, 5) is 10.4. The van der Waals surface area contributed by atoms with E-state index < -0.39 is 4.92 Å². The summed E-state index contributed by atoms with van der Waals surface area (Å²) in [7, 11) is 0. The van der Waals surface area contributed by atoms with Gasteiger partial charge in [-0.1, -0.05) is 35.3 Å². The number of non-ortho nitro benzene ring substituents is 1. The van der Waals surface area contributed by atoms with Crippen LogP contribution in [-0.2, 0) is 6.61 Å². The lowest BCUT2D eigenvalue weighted by atomic mass is 10.0. The number of hydrogen-bond acceptors (Lipinski definition) is 5. The Kier molecular flexibility index (Phi) is 7.72. The van der Waals surface area contributed by atoms with Gasteiger partial charge in [-0.15, -0.1) is 0 Å². The molecule has 3 aromatic carbocycles. The molecule has 0 atom stereocenters. The molecule has 0 saturated carbocycles. The minimum Gasteiger partial charge on any atom is -0.490 e. The van der Waals surface area contributed by atoms with Crippen molar-refractivity contribution in [1.29, 1.82) is 5.26 Å². The molecule has 6 nitrogen and oxygen atoms in total. The van der Waals surface area contributed by atoms with Crippen LogP contribution in [0.15, 0.2) is 60.7 Å². The third-order valence-corrected chi connectivity index (χ3v) is 5.21. The standard InChI is InChI=1S/C24H18Cl2N2O4/c1-2-31-24-13-16(11-19(14-27)18-5-7-20(8-6-18)28(29)30)4-10-23(24)32-15-17-3-9-21(25)22(26)12-17/h3-13H,2,15H2,1H3/b19-11-. The van der Waals surface area contributed by atoms with Crippen LogP contribution in [0.5, 0.6) is 11.5 Å². The molecule has 0 unspecified atom stereocenters. The van der Waals surface area contributed by atoms with Crippen molar-refractivity contribution in [2.75, 3.05) is 6.61 Å². The molecule has 8 heteroatoms. The van der Waals surface area contributed by atoms with Crippen LogP contribution in [0.2, 0.25) is 10.0 Å². The highest BCUT2D eigenvalue weighted by atomic mass is 35.5. The van der Waals surface area contributed by atoms with Crippen molar-refractivity contribution in [3.63, 3.8) is 0 Å². The lowest BCUT2D eigenvalue weighted by Gasteiger charge is -2.13. The summed E-state index contributed by atoms with van der Waals surface area (Å²) in [6.07, 6.45) is 1.69. The lowest BCUT2D eigenvalue weighted by Crippen LogP contribution is -2.00. The Balaban J connectivity index is 1.84. The van der Waals surface area contributed by atoms with Gasteiger partial charge in [0.25, 0.3) is 5.69 Å². The largest absolute Gasteiger partial charge is 0.490 e. The number of rotatable bonds is 8. The van der Waals surface area contributed by atoms with E-state index in [0.717, 1.165) is 11.1 Å². The average molecular weight is 469 g/mol. The van der Waals surface area contributed by atoms with Crippen molar-refractivity contribution in [1.82, 2.24) is 0 Å². The summed E-state index contributed by atoms with van der Waals surface area (Å²) in [5, 5.41) is 21.3. The molecular weight excluding hydrogens is 451 g/mol. The normalized spacial score (nSPS) is 11.0. The van der Waals surface area contributed by atoms with Gasteiger partial charge < -0.3 is 9.47 Å². The first-order valence-corrected chi connectivity index (χ1v) is 10.4. The van der Waals surface area contributed by atoms with Gasteiger partial charge in [0.05, 0.1) is 33.2 Å². The SMILES string of the molecule is CCOc1cc(/C=C(/C#N)c2ccc([N+](=O)[O-])cc2)ccc1OCc1ccc(Cl)c(Cl)c1. The van der Waals surface area contributed by atoms with Crippen molar-refractivity contribution in [3.8, 4) is 17.6 Å². The molecular formula is C24H18Cl2N2O4. The van der Waals surface area contributed by atoms with Crippen LogP contribution in [0.25, 0.3) is 11.6 Å². The van der Waals surface area contributed by atoms with Crippen molar-refractivity contribution in [3.05, 3.63) is 97.5 Å². The van der Waals surface area contributed by atoms with E-state index in [0.29, 0.717) is 39.3 Å². The van der Waals surface area contributed by atoms with Crippen molar-refractivity contribution < 1.29 is 14.4 Å². The number of nitriles is 1. The number of nitro groups is 1. The number of ether oxygens (including phenoxy) is 2. The van der Waals surface area contributed by atoms with E-state index in [1.807, 2.05) is 13.0 Å². The Hall–Kier alpha value is -3.53. The molecule has 0 fully saturated rings. The molecule has 0 N–H and O–H groups in total. The fourth-order valence-corrected chi connectivity index (χ4v) is 3.22. The predicted molar refractivity (Wildman–Crippen MR) is 125 cm³/mol. The highest BCUT2D eigenvalue weighted by Gasteiger charge is 2.10. The first-order valence-electron chi connectivity index (χ1n) is 9.61. The molecule has 0 saturated heterocycles. The Morgan fingerprint density at radius 1 is 1.03 bits per heavy atom. The van der Waals surface area contributed by atoms with Gasteiger partial charge >= 0.3 is 0 Å². The first kappa shape index (κ1) is 23.1. The number of nitrogens with zero attached hydrogens (tertiary/aromatic N) is 2. The first-order chi connectivity index (χ1) is 15.4. The highest BCUT2D eigenvalue weighted by molar-refractivity contribution is 6.42. The van der Waals surface area contributed by atoms with E-state index in [9.17, 15) is 15.4 Å². The molecule has 0 aliphatic carbocycles. The molecule has 0 amide bonds. The summed E-state index contributed by atoms with van der Waals surface area (Å²) in [6, 6.07) is 18.6. The maximum Gasteiger partial charge on any atom is 0.269 e. The Labute approximate surface area is 195 Å². The van der Waals surface area contributed by atoms with Crippen LogP contribution in [0.4, 0.5) is 5.69 Å². The molecule has 0 bridgehead atoms. The third kappa shape index (κ3) is 5.79. The number of nitro benzene ring substituents is 1. The molecule has 0 radical (unpaired) electrons. The maximum absolute atomic E-state index is 10.8. The van der Waals surface area contributed by atoms with Gasteiger partial charge in [0.2, 0.25) is 0 Å². The number of hydrogen-bond donors (Lipinski definition) is 0. The molecule has 0 aliphatic rings. The zero-order valence-electron chi connectivity index (χ0n) is 17.0. The number of halogens is 2. The quantitative estimate of drug-likeness (QED) is 0.154. The second-order valence-electron chi connectivity index (χ2n) is 6.65. The monoisotopic (exact) mass is 468 g/mol. The van der Waals surface area contributed by atoms with Crippen LogP contribution in [-0.4, -0.2) is 11.5 Å². The van der Waals surface area contributed by atoms with Crippen LogP contribution in [0.1, 0.15) is 23.6 Å². The van der Waals surface area contributed by atoms with Crippen LogP contribution < -0.4 is 9.47 Å². The van der Waals surface area contributed by atoms with E-state index in [4.69, 9.17) is 32.7 Å². The molecule has 3 aromatic rings. The Bertz CT molecular complexity index is 1200. The van der Waals surface area contributed by atoms with Gasteiger partial charge in [0.15, 0.2) is 11.5 Å². The van der Waals surface area contributed by atoms with Gasteiger partial charge in [0.1, 0.15) is 6.61 Å². The zero-order chi connectivity index (χ0) is 23.1. The molecule has 0 aliphatic heterocycles. The predicted octanol–water partition coefficient (Wildman–Crippen LogP) is 6.94. The maximum atomic E-state index is 10.8. The molecule has 32 heavy (non-hydrogen) atoms. The molecule has 162 valence electrons. The van der Waals surface area contributed by atoms with E-state index >= 15 is 0 Å². The van der Waals surface area contributed by atoms with E-state index in [1.54, 1.807) is 48.5 Å². The minimum absolute atomic E-state index is 0.0341. The number of benzene rings is 3. The summed E-state index contributed by atoms with van der Waals surface area (Å²) < 4.78 is 11.6. The topological polar surface area (TPSA) is 85.4 Å². The van der Waals surface area contributed by atoms with Crippen LogP contribution in [0, 0.1) is 21.4 Å². The van der Waals surface area contributed by atoms with Crippen LogP contribution in [0.3, 0.4) is 0 Å². The summed E-state index contributed by atoms with van der Waals surface area (Å²) in [5.74, 6) is 1.08. The smallest absolute Gasteiger partial charge is 0.269 e. The molecule has 0 aromatic heterocycles. The third-order valence-electron chi connectivity index (χ3n) is 4.47. The Morgan fingerprint density at radius 2 is 1.78 bits per heavy atom. The average Bonchev–Trinajstić information content (AvgIpc) is 2.79. The molecule has 0 heterocycles. The summed E-state index contributed by atoms with van der Waals surface area (Å²) in [5.41, 5.74) is 2.50. The minimum atomic E-state index is -0.482. The van der Waals surface area contributed by atoms with Gasteiger partial charge in [-0.25, -0.2) is 0 Å². The zero-order valence-corrected chi connectivity index (χ0v) is 18.6. The highest BCUT2D eigenvalue weighted by Crippen LogP contribution is 2.32. The number of allylic oxidation sites excluding steroid dienone is 1. The van der Waals surface area contributed by atoms with E-state index in [-0.39, 0.29) is 12.3 Å². The van der Waals surface area contributed by atoms with Crippen molar-refractivity contribution in [2.45, 2.75) is 13.5 Å². The summed E-state index contributed by atoms with van der Waals surface area (Å²) >= 11 is 12.0. The van der Waals surface area contributed by atoms with Gasteiger partial charge in [-0.05, 0) is 66.1 Å². The van der Waals surface area contributed by atoms with Gasteiger partial charge in [-0.3, -0.25) is 10.1 Å². The fraction of sp³-hybridized carbons (Fsp3) is 0.125. The van der Waals surface area contributed by atoms with Gasteiger partial charge in [0, 0.05) is 12.1 Å². The van der Waals surface area contributed by atoms with Gasteiger partial charge in [-0.2, -0.15) is 5.26 Å². The second kappa shape index (κ2) is 10.7. The lowest BCUT2D eigenvalue weighted by molar-refractivity contribution is -0.384. The van der Waals surface area contributed by atoms with E-state index in [1.165, 1.54) is 12.1 Å². The fourth-order valence-electron chi connectivity index (χ4n) is 2.90. The summed E-state index contributed by atoms with van der Waals surface area (Å²) in [6.45, 7) is 2.57. The molecule has 0 spiro atoms. The Morgan fingerprint density at radius 3 is 2.41 bits per heavy atom.